The molecule has 102 valence electrons. The molecule has 1 aromatic carbocycles. The fraction of sp³-hybridized carbons (Fsp3) is 0.214. The number of rotatable bonds is 0. The van der Waals surface area contributed by atoms with E-state index in [0.717, 1.165) is 27.3 Å². The number of hydrogen-bond acceptors (Lipinski definition) is 4. The summed E-state index contributed by atoms with van der Waals surface area (Å²) >= 11 is 12.0. The maximum absolute atomic E-state index is 8.20. The Morgan fingerprint density at radius 3 is 2.35 bits per heavy atom. The van der Waals surface area contributed by atoms with E-state index >= 15 is 0 Å². The van der Waals surface area contributed by atoms with Gasteiger partial charge in [-0.1, -0.05) is 42.3 Å². The van der Waals surface area contributed by atoms with E-state index in [4.69, 9.17) is 29.8 Å². The molecule has 0 aliphatic carbocycles. The minimum atomic E-state index is 0.435. The Labute approximate surface area is 132 Å². The quantitative estimate of drug-likeness (QED) is 0.506. The highest BCUT2D eigenvalue weighted by molar-refractivity contribution is 8.27. The largest absolute Gasteiger partial charge is 0.339 e. The summed E-state index contributed by atoms with van der Waals surface area (Å²) in [4.78, 5) is 1.56. The molecule has 3 rings (SSSR count). The Morgan fingerprint density at radius 1 is 1.05 bits per heavy atom. The first-order valence-electron chi connectivity index (χ1n) is 6.14. The highest BCUT2D eigenvalue weighted by Crippen LogP contribution is 2.39. The average molecular weight is 319 g/mol. The van der Waals surface area contributed by atoms with Crippen molar-refractivity contribution in [1.29, 1.82) is 5.41 Å². The van der Waals surface area contributed by atoms with E-state index in [-0.39, 0.29) is 0 Å². The van der Waals surface area contributed by atoms with Gasteiger partial charge in [-0.2, -0.15) is 0 Å². The third-order valence-electron chi connectivity index (χ3n) is 3.64. The number of nitrogens with one attached hydrogen (secondary N) is 3. The molecule has 1 saturated heterocycles. The summed E-state index contributed by atoms with van der Waals surface area (Å²) in [7, 11) is 0. The molecular formula is C14H13N3S3. The molecule has 2 aliphatic rings. The van der Waals surface area contributed by atoms with Crippen molar-refractivity contribution in [3.63, 3.8) is 0 Å². The first-order valence-corrected chi connectivity index (χ1v) is 7.78. The molecule has 0 spiro atoms. The second-order valence-electron chi connectivity index (χ2n) is 4.93. The molecule has 0 atom stereocenters. The molecule has 0 amide bonds. The van der Waals surface area contributed by atoms with E-state index in [1.165, 1.54) is 22.9 Å². The van der Waals surface area contributed by atoms with Gasteiger partial charge < -0.3 is 10.6 Å². The van der Waals surface area contributed by atoms with Crippen LogP contribution in [-0.4, -0.2) is 15.1 Å². The van der Waals surface area contributed by atoms with Crippen molar-refractivity contribution in [2.45, 2.75) is 20.8 Å². The van der Waals surface area contributed by atoms with Gasteiger partial charge in [-0.25, -0.2) is 0 Å². The number of fused-ring (bicyclic) bond motifs is 1. The van der Waals surface area contributed by atoms with Crippen LogP contribution in [-0.2, 0) is 0 Å². The smallest absolute Gasteiger partial charge is 0.143 e. The van der Waals surface area contributed by atoms with Crippen LogP contribution in [0.1, 0.15) is 27.8 Å². The molecule has 0 saturated carbocycles. The van der Waals surface area contributed by atoms with Crippen LogP contribution in [0.15, 0.2) is 11.0 Å². The number of hydrogen-bond donors (Lipinski definition) is 3. The molecule has 3 N–H and O–H groups in total. The normalized spacial score (nSPS) is 21.1. The number of thiocarbonyl (C=S) groups is 2. The average Bonchev–Trinajstić information content (AvgIpc) is 2.86. The van der Waals surface area contributed by atoms with Gasteiger partial charge in [0.05, 0.1) is 10.6 Å². The lowest BCUT2D eigenvalue weighted by Crippen LogP contribution is -2.18. The highest BCUT2D eigenvalue weighted by Gasteiger charge is 2.32. The van der Waals surface area contributed by atoms with Gasteiger partial charge >= 0.3 is 0 Å². The van der Waals surface area contributed by atoms with E-state index in [1.54, 1.807) is 0 Å². The van der Waals surface area contributed by atoms with Crippen LogP contribution in [0.3, 0.4) is 0 Å². The molecule has 0 bridgehead atoms. The van der Waals surface area contributed by atoms with Crippen molar-refractivity contribution in [3.05, 3.63) is 38.8 Å². The van der Waals surface area contributed by atoms with Crippen LogP contribution in [0.2, 0.25) is 0 Å². The predicted octanol–water partition coefficient (Wildman–Crippen LogP) is 3.16. The fourth-order valence-electron chi connectivity index (χ4n) is 2.62. The van der Waals surface area contributed by atoms with Crippen LogP contribution in [0, 0.1) is 26.2 Å². The number of aryl methyl sites for hydroxylation is 2. The minimum Gasteiger partial charge on any atom is -0.339 e. The number of benzene rings is 1. The van der Waals surface area contributed by atoms with Gasteiger partial charge in [0.2, 0.25) is 0 Å². The summed E-state index contributed by atoms with van der Waals surface area (Å²) in [5.41, 5.74) is 6.49. The Balaban J connectivity index is 2.32. The monoisotopic (exact) mass is 319 g/mol. The van der Waals surface area contributed by atoms with Crippen LogP contribution < -0.4 is 10.6 Å². The van der Waals surface area contributed by atoms with Crippen molar-refractivity contribution in [1.82, 2.24) is 10.6 Å². The fourth-order valence-corrected chi connectivity index (χ4v) is 4.17. The third kappa shape index (κ3) is 1.90. The lowest BCUT2D eigenvalue weighted by atomic mass is 9.93. The van der Waals surface area contributed by atoms with Crippen molar-refractivity contribution in [2.75, 3.05) is 0 Å². The van der Waals surface area contributed by atoms with Crippen molar-refractivity contribution in [3.8, 4) is 0 Å². The number of thioether (sulfide) groups is 1. The molecule has 0 unspecified atom stereocenters. The molecule has 1 aromatic rings. The predicted molar refractivity (Wildman–Crippen MR) is 93.5 cm³/mol. The lowest BCUT2D eigenvalue weighted by Gasteiger charge is -2.11. The molecular weight excluding hydrogens is 306 g/mol. The van der Waals surface area contributed by atoms with E-state index in [0.29, 0.717) is 15.1 Å². The first kappa shape index (κ1) is 13.7. The van der Waals surface area contributed by atoms with Crippen molar-refractivity contribution in [2.24, 2.45) is 0 Å². The van der Waals surface area contributed by atoms with Gasteiger partial charge in [0.15, 0.2) is 0 Å². The minimum absolute atomic E-state index is 0.435. The van der Waals surface area contributed by atoms with Gasteiger partial charge in [-0.3, -0.25) is 5.41 Å². The van der Waals surface area contributed by atoms with Gasteiger partial charge in [-0.15, -0.1) is 0 Å². The molecule has 3 nitrogen and oxygen atoms in total. The van der Waals surface area contributed by atoms with E-state index < -0.39 is 0 Å². The standard InChI is InChI=1S/C14H13N3S3/c1-5-4-6(2)8-9(7(5)3)10(16-12(8)15)11-13(18)17-14(19)20-11/h4H,1-3H3,(H2,15,16)(H,17,18,19). The lowest BCUT2D eigenvalue weighted by molar-refractivity contribution is 1.27. The second-order valence-corrected chi connectivity index (χ2v) is 7.03. The van der Waals surface area contributed by atoms with E-state index in [2.05, 4.69) is 30.5 Å². The molecule has 20 heavy (non-hydrogen) atoms. The zero-order chi connectivity index (χ0) is 14.6. The van der Waals surface area contributed by atoms with Crippen LogP contribution in [0.25, 0.3) is 5.70 Å². The summed E-state index contributed by atoms with van der Waals surface area (Å²) < 4.78 is 0.668. The van der Waals surface area contributed by atoms with Gasteiger partial charge in [0.25, 0.3) is 0 Å². The topological polar surface area (TPSA) is 47.9 Å². The van der Waals surface area contributed by atoms with Gasteiger partial charge in [0.1, 0.15) is 15.1 Å². The second kappa shape index (κ2) is 4.65. The van der Waals surface area contributed by atoms with Crippen LogP contribution in [0.5, 0.6) is 0 Å². The maximum atomic E-state index is 8.20. The molecule has 2 aliphatic heterocycles. The highest BCUT2D eigenvalue weighted by atomic mass is 32.2. The molecule has 0 aromatic heterocycles. The van der Waals surface area contributed by atoms with Crippen LogP contribution >= 0.6 is 36.2 Å². The first-order chi connectivity index (χ1) is 9.40. The summed E-state index contributed by atoms with van der Waals surface area (Å²) in [6.07, 6.45) is 0. The summed E-state index contributed by atoms with van der Waals surface area (Å²) in [5.74, 6) is 0.435. The Kier molecular flexibility index (Phi) is 3.19. The Morgan fingerprint density at radius 2 is 1.75 bits per heavy atom. The number of amidine groups is 1. The zero-order valence-corrected chi connectivity index (χ0v) is 13.8. The Hall–Kier alpha value is -1.24. The molecule has 0 radical (unpaired) electrons. The van der Waals surface area contributed by atoms with E-state index in [9.17, 15) is 0 Å². The molecule has 6 heteroatoms. The molecule has 2 heterocycles. The van der Waals surface area contributed by atoms with Gasteiger partial charge in [0, 0.05) is 11.1 Å². The maximum Gasteiger partial charge on any atom is 0.143 e. The van der Waals surface area contributed by atoms with Crippen LogP contribution in [0.4, 0.5) is 0 Å². The van der Waals surface area contributed by atoms with Crippen molar-refractivity contribution >= 4 is 57.0 Å². The summed E-state index contributed by atoms with van der Waals surface area (Å²) in [6.45, 7) is 6.22. The zero-order valence-electron chi connectivity index (χ0n) is 11.3. The SMILES string of the molecule is Cc1cc(C)c2c(c1C)C(=C1SC(=S)NC1=S)NC2=N. The summed E-state index contributed by atoms with van der Waals surface area (Å²) in [5, 5.41) is 14.4. The van der Waals surface area contributed by atoms with E-state index in [1.807, 2.05) is 6.92 Å². The molecule has 1 fully saturated rings. The third-order valence-corrected chi connectivity index (χ3v) is 5.32. The Bertz CT molecular complexity index is 732. The van der Waals surface area contributed by atoms with Gasteiger partial charge in [-0.05, 0) is 37.5 Å². The summed E-state index contributed by atoms with van der Waals surface area (Å²) in [6, 6.07) is 2.13. The van der Waals surface area contributed by atoms with Crippen molar-refractivity contribution < 1.29 is 0 Å².